The van der Waals surface area contributed by atoms with Crippen LogP contribution in [0.25, 0.3) is 0 Å². The van der Waals surface area contributed by atoms with Gasteiger partial charge in [-0.2, -0.15) is 0 Å². The van der Waals surface area contributed by atoms with E-state index >= 15 is 0 Å². The summed E-state index contributed by atoms with van der Waals surface area (Å²) in [6.07, 6.45) is 0.732. The van der Waals surface area contributed by atoms with Crippen molar-refractivity contribution in [2.24, 2.45) is 5.41 Å². The molecule has 33 heavy (non-hydrogen) atoms. The van der Waals surface area contributed by atoms with Crippen LogP contribution >= 0.6 is 0 Å². The van der Waals surface area contributed by atoms with Gasteiger partial charge in [0.1, 0.15) is 39.9 Å². The van der Waals surface area contributed by atoms with Crippen LogP contribution in [0.3, 0.4) is 0 Å². The zero-order valence-electron chi connectivity index (χ0n) is 20.0. The van der Waals surface area contributed by atoms with Gasteiger partial charge in [-0.05, 0) is 33.6 Å². The average Bonchev–Trinajstić information content (AvgIpc) is 2.74. The molecule has 0 unspecified atom stereocenters. The smallest absolute Gasteiger partial charge is 0.183 e. The molecule has 0 amide bonds. The molecule has 2 rings (SSSR count). The van der Waals surface area contributed by atoms with Crippen molar-refractivity contribution in [3.05, 3.63) is 39.4 Å². The summed E-state index contributed by atoms with van der Waals surface area (Å²) in [7, 11) is 1.31. The molecule has 1 aromatic rings. The van der Waals surface area contributed by atoms with Gasteiger partial charge in [-0.15, -0.1) is 0 Å². The summed E-state index contributed by atoms with van der Waals surface area (Å²) >= 11 is 0. The molecule has 8 heteroatoms. The van der Waals surface area contributed by atoms with Crippen molar-refractivity contribution in [1.82, 2.24) is 0 Å². The van der Waals surface area contributed by atoms with Crippen LogP contribution in [0.2, 0.25) is 0 Å². The van der Waals surface area contributed by atoms with Crippen LogP contribution in [-0.4, -0.2) is 44.9 Å². The van der Waals surface area contributed by atoms with Gasteiger partial charge in [0.2, 0.25) is 0 Å². The minimum atomic E-state index is -1.49. The van der Waals surface area contributed by atoms with Crippen molar-refractivity contribution in [3.8, 4) is 17.2 Å². The minimum Gasteiger partial charge on any atom is -0.511 e. The third-order valence-corrected chi connectivity index (χ3v) is 5.99. The maximum atomic E-state index is 12.9. The lowest BCUT2D eigenvalue weighted by atomic mass is 9.73. The van der Waals surface area contributed by atoms with E-state index in [1.807, 2.05) is 0 Å². The molecule has 1 aromatic carbocycles. The second-order valence-corrected chi connectivity index (χ2v) is 8.74. The molecule has 1 aliphatic carbocycles. The maximum Gasteiger partial charge on any atom is 0.183 e. The minimum absolute atomic E-state index is 0.0350. The molecule has 0 bridgehead atoms. The number of carbonyl (C=O) groups is 3. The number of ketones is 3. The van der Waals surface area contributed by atoms with Crippen molar-refractivity contribution in [3.63, 3.8) is 0 Å². The van der Waals surface area contributed by atoms with Gasteiger partial charge in [0, 0.05) is 36.0 Å². The zero-order valence-corrected chi connectivity index (χ0v) is 20.0. The van der Waals surface area contributed by atoms with Crippen LogP contribution in [-0.2, 0) is 16.0 Å². The van der Waals surface area contributed by atoms with E-state index in [-0.39, 0.29) is 47.3 Å². The van der Waals surface area contributed by atoms with Crippen molar-refractivity contribution in [2.75, 3.05) is 7.11 Å². The van der Waals surface area contributed by atoms with Crippen LogP contribution in [0.1, 0.15) is 74.9 Å². The number of aliphatic hydroxyl groups excluding tert-OH is 2. The van der Waals surface area contributed by atoms with Crippen LogP contribution in [0, 0.1) is 12.3 Å². The van der Waals surface area contributed by atoms with Gasteiger partial charge >= 0.3 is 0 Å². The van der Waals surface area contributed by atoms with Gasteiger partial charge in [-0.25, -0.2) is 0 Å². The van der Waals surface area contributed by atoms with Gasteiger partial charge in [0.25, 0.3) is 0 Å². The van der Waals surface area contributed by atoms with Crippen molar-refractivity contribution in [2.45, 2.75) is 66.7 Å². The Morgan fingerprint density at radius 1 is 0.939 bits per heavy atom. The number of ether oxygens (including phenoxy) is 1. The molecule has 0 aromatic heterocycles. The van der Waals surface area contributed by atoms with Gasteiger partial charge in [0.15, 0.2) is 17.3 Å². The first-order valence-electron chi connectivity index (χ1n) is 10.9. The molecular weight excluding hydrogens is 428 g/mol. The number of methoxy groups -OCH3 is 1. The predicted octanol–water partition coefficient (Wildman–Crippen LogP) is 4.54. The molecule has 180 valence electrons. The summed E-state index contributed by atoms with van der Waals surface area (Å²) in [5.41, 5.74) is -2.06. The van der Waals surface area contributed by atoms with Crippen LogP contribution in [0.5, 0.6) is 17.2 Å². The maximum absolute atomic E-state index is 12.9. The van der Waals surface area contributed by atoms with E-state index in [4.69, 9.17) is 4.74 Å². The number of aromatic hydroxyl groups is 2. The molecule has 0 atom stereocenters. The summed E-state index contributed by atoms with van der Waals surface area (Å²) in [6.45, 7) is 7.93. The molecule has 1 aliphatic rings. The highest BCUT2D eigenvalue weighted by Crippen LogP contribution is 2.46. The van der Waals surface area contributed by atoms with E-state index in [0.29, 0.717) is 12.8 Å². The van der Waals surface area contributed by atoms with Crippen LogP contribution < -0.4 is 4.74 Å². The third kappa shape index (κ3) is 4.34. The van der Waals surface area contributed by atoms with Gasteiger partial charge in [-0.1, -0.05) is 13.8 Å². The number of Topliss-reactive ketones (excluding diaryl/α,β-unsaturated/α-hetero) is 3. The molecule has 4 N–H and O–H groups in total. The monoisotopic (exact) mass is 460 g/mol. The Hall–Kier alpha value is -3.29. The Balaban J connectivity index is 2.81. The average molecular weight is 461 g/mol. The number of allylic oxidation sites excluding steroid dienone is 3. The van der Waals surface area contributed by atoms with Crippen LogP contribution in [0.15, 0.2) is 22.7 Å². The molecule has 0 radical (unpaired) electrons. The van der Waals surface area contributed by atoms with Gasteiger partial charge < -0.3 is 25.2 Å². The lowest BCUT2D eigenvalue weighted by Gasteiger charge is -2.31. The summed E-state index contributed by atoms with van der Waals surface area (Å²) in [5.74, 6) is -3.74. The van der Waals surface area contributed by atoms with Crippen molar-refractivity contribution < 1.29 is 39.5 Å². The first kappa shape index (κ1) is 26.0. The van der Waals surface area contributed by atoms with E-state index in [0.717, 1.165) is 0 Å². The Labute approximate surface area is 193 Å². The Morgan fingerprint density at radius 3 is 2.00 bits per heavy atom. The van der Waals surface area contributed by atoms with E-state index in [1.165, 1.54) is 27.9 Å². The van der Waals surface area contributed by atoms with E-state index in [9.17, 15) is 34.8 Å². The topological polar surface area (TPSA) is 141 Å². The molecule has 8 nitrogen and oxygen atoms in total. The largest absolute Gasteiger partial charge is 0.511 e. The predicted molar refractivity (Wildman–Crippen MR) is 122 cm³/mol. The first-order chi connectivity index (χ1) is 15.4. The first-order valence-corrected chi connectivity index (χ1v) is 10.9. The number of phenols is 2. The molecule has 0 saturated heterocycles. The normalized spacial score (nSPS) is 15.8. The second kappa shape index (κ2) is 9.68. The summed E-state index contributed by atoms with van der Waals surface area (Å²) < 4.78 is 5.36. The molecular formula is C25H32O8. The highest BCUT2D eigenvalue weighted by atomic mass is 16.5. The molecule has 0 spiro atoms. The van der Waals surface area contributed by atoms with Crippen molar-refractivity contribution in [1.29, 1.82) is 0 Å². The number of hydrogen-bond acceptors (Lipinski definition) is 8. The van der Waals surface area contributed by atoms with Gasteiger partial charge in [-0.3, -0.25) is 14.4 Å². The molecule has 0 fully saturated rings. The number of hydrogen-bond donors (Lipinski definition) is 4. The fourth-order valence-electron chi connectivity index (χ4n) is 4.07. The van der Waals surface area contributed by atoms with E-state index < -0.39 is 51.4 Å². The van der Waals surface area contributed by atoms with E-state index in [1.54, 1.807) is 13.8 Å². The Bertz CT molecular complexity index is 1070. The number of rotatable bonds is 9. The zero-order chi connectivity index (χ0) is 25.2. The van der Waals surface area contributed by atoms with E-state index in [2.05, 4.69) is 0 Å². The molecule has 0 saturated carbocycles. The molecule has 0 aliphatic heterocycles. The van der Waals surface area contributed by atoms with Gasteiger partial charge in [0.05, 0.1) is 12.5 Å². The SMILES string of the molecule is CCCC(=O)C1=C(O)C(Cc2c(O)c(C(=O)CCC)c(O)c(C)c2OC)=C(O)C(C)(C)C1=O. The number of benzene rings is 1. The Morgan fingerprint density at radius 2 is 1.48 bits per heavy atom. The fraction of sp³-hybridized carbons (Fsp3) is 0.480. The highest BCUT2D eigenvalue weighted by molar-refractivity contribution is 6.24. The lowest BCUT2D eigenvalue weighted by molar-refractivity contribution is -0.127. The quantitative estimate of drug-likeness (QED) is 0.311. The highest BCUT2D eigenvalue weighted by Gasteiger charge is 2.45. The summed E-state index contributed by atoms with van der Waals surface area (Å²) in [5, 5.41) is 43.3. The lowest BCUT2D eigenvalue weighted by Crippen LogP contribution is -2.36. The molecule has 0 heterocycles. The number of carbonyl (C=O) groups excluding carboxylic acids is 3. The number of phenolic OH excluding ortho intramolecular Hbond substituents is 2. The standard InChI is InChI=1S/C25H32O8/c1-7-9-15(26)17-19(28)12(3)22(33-6)13(20(17)29)11-14-21(30)18(16(27)10-8-2)24(32)25(4,5)23(14)31/h28-31H,7-11H2,1-6H3. The fourth-order valence-corrected chi connectivity index (χ4v) is 4.07. The van der Waals surface area contributed by atoms with Crippen LogP contribution in [0.4, 0.5) is 0 Å². The van der Waals surface area contributed by atoms with Crippen molar-refractivity contribution >= 4 is 17.3 Å². The summed E-state index contributed by atoms with van der Waals surface area (Å²) in [4.78, 5) is 38.1. The summed E-state index contributed by atoms with van der Waals surface area (Å²) in [6, 6.07) is 0. The second-order valence-electron chi connectivity index (χ2n) is 8.74. The Kier molecular flexibility index (Phi) is 7.62. The third-order valence-electron chi connectivity index (χ3n) is 5.99. The number of aliphatic hydroxyl groups is 2.